The van der Waals surface area contributed by atoms with Gasteiger partial charge in [-0.15, -0.1) is 0 Å². The second-order valence-corrected chi connectivity index (χ2v) is 8.39. The zero-order valence-corrected chi connectivity index (χ0v) is 16.6. The van der Waals surface area contributed by atoms with E-state index in [-0.39, 0.29) is 24.3 Å². The fourth-order valence-electron chi connectivity index (χ4n) is 4.08. The number of hydrogen-bond acceptors (Lipinski definition) is 7. The summed E-state index contributed by atoms with van der Waals surface area (Å²) >= 11 is 0. The number of carbonyl (C=O) groups excluding carboxylic acids is 1. The molecular formula is C20H29N5O4. The SMILES string of the molecule is O=C(O)c1cncc(NC[C@@H]2CN(CC3CCN(CC4CC4)CC3)C(=O)CO2)n1. The predicted octanol–water partition coefficient (Wildman–Crippen LogP) is 0.936. The molecule has 1 saturated carbocycles. The van der Waals surface area contributed by atoms with E-state index in [0.717, 1.165) is 38.4 Å². The molecule has 29 heavy (non-hydrogen) atoms. The standard InChI is InChI=1S/C20H29N5O4/c26-19-13-29-16(7-22-18-9-21-8-17(23-18)20(27)28)12-25(19)11-15-3-5-24(6-4-15)10-14-1-2-14/h8-9,14-16H,1-7,10-13H2,(H,22,23)(H,27,28)/t16-/m1/s1. The van der Waals surface area contributed by atoms with E-state index in [1.807, 2.05) is 4.90 Å². The molecule has 1 aliphatic carbocycles. The molecule has 0 radical (unpaired) electrons. The maximum Gasteiger partial charge on any atom is 0.356 e. The predicted molar refractivity (Wildman–Crippen MR) is 106 cm³/mol. The van der Waals surface area contributed by atoms with Crippen molar-refractivity contribution in [2.75, 3.05) is 51.2 Å². The van der Waals surface area contributed by atoms with Crippen LogP contribution in [0.15, 0.2) is 12.4 Å². The average molecular weight is 403 g/mol. The van der Waals surface area contributed by atoms with Crippen molar-refractivity contribution in [2.45, 2.75) is 31.8 Å². The minimum Gasteiger partial charge on any atom is -0.476 e. The van der Waals surface area contributed by atoms with Gasteiger partial charge in [0.1, 0.15) is 12.4 Å². The second-order valence-electron chi connectivity index (χ2n) is 8.39. The van der Waals surface area contributed by atoms with Crippen LogP contribution < -0.4 is 5.32 Å². The van der Waals surface area contributed by atoms with Crippen molar-refractivity contribution in [3.8, 4) is 0 Å². The van der Waals surface area contributed by atoms with Gasteiger partial charge in [-0.3, -0.25) is 9.78 Å². The second kappa shape index (κ2) is 9.04. The summed E-state index contributed by atoms with van der Waals surface area (Å²) in [5.41, 5.74) is -0.107. The molecule has 2 saturated heterocycles. The molecule has 1 atom stereocenters. The van der Waals surface area contributed by atoms with E-state index in [9.17, 15) is 9.59 Å². The molecule has 4 rings (SSSR count). The maximum absolute atomic E-state index is 12.3. The molecule has 3 aliphatic rings. The number of ether oxygens (including phenoxy) is 1. The number of rotatable bonds is 8. The van der Waals surface area contributed by atoms with Crippen LogP contribution in [0.5, 0.6) is 0 Å². The highest BCUT2D eigenvalue weighted by Gasteiger charge is 2.31. The van der Waals surface area contributed by atoms with Gasteiger partial charge in [-0.05, 0) is 50.6 Å². The number of aromatic carboxylic acids is 1. The highest BCUT2D eigenvalue weighted by Crippen LogP contribution is 2.31. The molecule has 2 aliphatic heterocycles. The summed E-state index contributed by atoms with van der Waals surface area (Å²) in [5, 5.41) is 12.1. The number of aromatic nitrogens is 2. The van der Waals surface area contributed by atoms with E-state index < -0.39 is 5.97 Å². The monoisotopic (exact) mass is 403 g/mol. The number of piperidine rings is 1. The molecule has 9 heteroatoms. The summed E-state index contributed by atoms with van der Waals surface area (Å²) in [7, 11) is 0. The lowest BCUT2D eigenvalue weighted by atomic mass is 9.95. The van der Waals surface area contributed by atoms with Crippen LogP contribution in [0.4, 0.5) is 5.82 Å². The third-order valence-electron chi connectivity index (χ3n) is 5.98. The van der Waals surface area contributed by atoms with Crippen LogP contribution in [-0.4, -0.2) is 88.7 Å². The van der Waals surface area contributed by atoms with Crippen LogP contribution in [-0.2, 0) is 9.53 Å². The Balaban J connectivity index is 1.23. The lowest BCUT2D eigenvalue weighted by Gasteiger charge is -2.38. The minimum absolute atomic E-state index is 0.0503. The Morgan fingerprint density at radius 3 is 2.66 bits per heavy atom. The zero-order chi connectivity index (χ0) is 20.2. The van der Waals surface area contributed by atoms with Gasteiger partial charge in [0, 0.05) is 26.2 Å². The molecule has 9 nitrogen and oxygen atoms in total. The largest absolute Gasteiger partial charge is 0.476 e. The molecule has 0 aromatic carbocycles. The fraction of sp³-hybridized carbons (Fsp3) is 0.700. The van der Waals surface area contributed by atoms with Gasteiger partial charge in [0.2, 0.25) is 5.91 Å². The highest BCUT2D eigenvalue weighted by molar-refractivity contribution is 5.85. The van der Waals surface area contributed by atoms with Gasteiger partial charge in [0.15, 0.2) is 5.69 Å². The molecule has 2 N–H and O–H groups in total. The zero-order valence-electron chi connectivity index (χ0n) is 16.6. The van der Waals surface area contributed by atoms with E-state index in [4.69, 9.17) is 9.84 Å². The van der Waals surface area contributed by atoms with Crippen molar-refractivity contribution < 1.29 is 19.4 Å². The number of carboxylic acids is 1. The number of likely N-dealkylation sites (tertiary alicyclic amines) is 1. The fourth-order valence-corrected chi connectivity index (χ4v) is 4.08. The van der Waals surface area contributed by atoms with Gasteiger partial charge in [-0.25, -0.2) is 9.78 Å². The number of carbonyl (C=O) groups is 2. The van der Waals surface area contributed by atoms with E-state index in [2.05, 4.69) is 20.2 Å². The van der Waals surface area contributed by atoms with Gasteiger partial charge in [-0.2, -0.15) is 0 Å². The van der Waals surface area contributed by atoms with Crippen LogP contribution in [0, 0.1) is 11.8 Å². The number of morpholine rings is 1. The van der Waals surface area contributed by atoms with Crippen molar-refractivity contribution in [3.63, 3.8) is 0 Å². The average Bonchev–Trinajstić information content (AvgIpc) is 3.54. The Labute approximate surface area is 170 Å². The van der Waals surface area contributed by atoms with Crippen molar-refractivity contribution >= 4 is 17.7 Å². The number of hydrogen-bond donors (Lipinski definition) is 2. The van der Waals surface area contributed by atoms with Crippen LogP contribution >= 0.6 is 0 Å². The van der Waals surface area contributed by atoms with E-state index in [1.54, 1.807) is 0 Å². The smallest absolute Gasteiger partial charge is 0.356 e. The third-order valence-corrected chi connectivity index (χ3v) is 5.98. The van der Waals surface area contributed by atoms with E-state index in [1.165, 1.54) is 31.8 Å². The first-order valence-corrected chi connectivity index (χ1v) is 10.5. The number of amides is 1. The number of anilines is 1. The molecule has 0 bridgehead atoms. The summed E-state index contributed by atoms with van der Waals surface area (Å²) in [5.74, 6) is 0.810. The lowest BCUT2D eigenvalue weighted by Crippen LogP contribution is -2.51. The van der Waals surface area contributed by atoms with Crippen LogP contribution in [0.2, 0.25) is 0 Å². The van der Waals surface area contributed by atoms with Gasteiger partial charge in [0.25, 0.3) is 0 Å². The normalized spacial score (nSPS) is 23.9. The minimum atomic E-state index is -1.12. The van der Waals surface area contributed by atoms with Crippen LogP contribution in [0.3, 0.4) is 0 Å². The molecule has 1 aromatic heterocycles. The third kappa shape index (κ3) is 5.63. The number of nitrogens with zero attached hydrogens (tertiary/aromatic N) is 4. The van der Waals surface area contributed by atoms with Gasteiger partial charge >= 0.3 is 5.97 Å². The van der Waals surface area contributed by atoms with E-state index >= 15 is 0 Å². The van der Waals surface area contributed by atoms with Crippen LogP contribution in [0.25, 0.3) is 0 Å². The Kier molecular flexibility index (Phi) is 6.25. The number of nitrogens with one attached hydrogen (secondary N) is 1. The first kappa shape index (κ1) is 20.0. The molecule has 158 valence electrons. The topological polar surface area (TPSA) is 108 Å². The molecule has 0 spiro atoms. The van der Waals surface area contributed by atoms with Crippen LogP contribution in [0.1, 0.15) is 36.2 Å². The highest BCUT2D eigenvalue weighted by atomic mass is 16.5. The first-order chi connectivity index (χ1) is 14.1. The van der Waals surface area contributed by atoms with Crippen molar-refractivity contribution in [3.05, 3.63) is 18.1 Å². The summed E-state index contributed by atoms with van der Waals surface area (Å²) in [6, 6.07) is 0. The lowest BCUT2D eigenvalue weighted by molar-refractivity contribution is -0.149. The Morgan fingerprint density at radius 2 is 1.93 bits per heavy atom. The summed E-state index contributed by atoms with van der Waals surface area (Å²) in [6.07, 6.45) is 7.62. The summed E-state index contributed by atoms with van der Waals surface area (Å²) in [4.78, 5) is 35.7. The Morgan fingerprint density at radius 1 is 1.17 bits per heavy atom. The number of carboxylic acid groups (broad SMARTS) is 1. The quantitative estimate of drug-likeness (QED) is 0.660. The van der Waals surface area contributed by atoms with Gasteiger partial charge < -0.3 is 25.0 Å². The first-order valence-electron chi connectivity index (χ1n) is 10.5. The molecule has 3 fully saturated rings. The Bertz CT molecular complexity index is 733. The van der Waals surface area contributed by atoms with E-state index in [0.29, 0.717) is 24.8 Å². The molecule has 3 heterocycles. The molecule has 0 unspecified atom stereocenters. The molecular weight excluding hydrogens is 374 g/mol. The Hall–Kier alpha value is -2.26. The van der Waals surface area contributed by atoms with Crippen molar-refractivity contribution in [2.24, 2.45) is 11.8 Å². The summed E-state index contributed by atoms with van der Waals surface area (Å²) < 4.78 is 5.65. The molecule has 1 aromatic rings. The molecule has 1 amide bonds. The van der Waals surface area contributed by atoms with Crippen molar-refractivity contribution in [1.29, 1.82) is 0 Å². The summed E-state index contributed by atoms with van der Waals surface area (Å²) in [6.45, 7) is 5.41. The van der Waals surface area contributed by atoms with Gasteiger partial charge in [0.05, 0.1) is 18.5 Å². The van der Waals surface area contributed by atoms with Gasteiger partial charge in [-0.1, -0.05) is 0 Å². The van der Waals surface area contributed by atoms with Crippen molar-refractivity contribution in [1.82, 2.24) is 19.8 Å². The maximum atomic E-state index is 12.3.